The molecular weight excluding hydrogens is 456 g/mol. The fourth-order valence-electron chi connectivity index (χ4n) is 2.94. The number of H-pyrrole nitrogens is 2. The molecule has 2 aliphatic rings. The van der Waals surface area contributed by atoms with Gasteiger partial charge in [-0.15, -0.1) is 0 Å². The zero-order valence-electron chi connectivity index (χ0n) is 13.5. The van der Waals surface area contributed by atoms with Gasteiger partial charge in [0.05, 0.1) is 22.8 Å². The van der Waals surface area contributed by atoms with Gasteiger partial charge >= 0.3 is 0 Å². The van der Waals surface area contributed by atoms with E-state index in [9.17, 15) is 0 Å². The quantitative estimate of drug-likeness (QED) is 0.324. The third kappa shape index (κ3) is 3.78. The Morgan fingerprint density at radius 2 is 0.769 bits per heavy atom. The van der Waals surface area contributed by atoms with Crippen LogP contribution in [0.15, 0.2) is 48.5 Å². The van der Waals surface area contributed by atoms with Crippen LogP contribution in [0.3, 0.4) is 0 Å². The largest absolute Gasteiger partial charge is 0.355 e. The zero-order chi connectivity index (χ0) is 15.9. The Balaban J connectivity index is 0.000000980. The van der Waals surface area contributed by atoms with Gasteiger partial charge in [-0.1, -0.05) is 0 Å². The summed E-state index contributed by atoms with van der Waals surface area (Å²) in [5.74, 6) is 0. The van der Waals surface area contributed by atoms with Crippen LogP contribution in [0.1, 0.15) is 22.8 Å². The van der Waals surface area contributed by atoms with E-state index < -0.39 is 0 Å². The Labute approximate surface area is 173 Å². The summed E-state index contributed by atoms with van der Waals surface area (Å²) in [5, 5.41) is 0. The van der Waals surface area contributed by atoms with Crippen molar-refractivity contribution >= 4 is 46.4 Å². The number of hydrogen-bond acceptors (Lipinski definition) is 2. The molecule has 0 aliphatic carbocycles. The van der Waals surface area contributed by atoms with Crippen LogP contribution < -0.4 is 0 Å². The van der Waals surface area contributed by atoms with Gasteiger partial charge in [0.15, 0.2) is 0 Å². The molecule has 0 atom stereocenters. The van der Waals surface area contributed by atoms with Gasteiger partial charge in [-0.05, 0) is 72.8 Å². The molecule has 0 saturated heterocycles. The van der Waals surface area contributed by atoms with Crippen molar-refractivity contribution in [1.82, 2.24) is 19.9 Å². The molecule has 0 spiro atoms. The SMILES string of the molecule is C1=Cc2cc3ccc(cc4nc(cc5ccc(cc1n2)[nH]5)C=C4)[nH]3.[Co].[Ru]. The zero-order valence-corrected chi connectivity index (χ0v) is 16.3. The van der Waals surface area contributed by atoms with Crippen LogP contribution >= 0.6 is 0 Å². The van der Waals surface area contributed by atoms with Gasteiger partial charge in [-0.3, -0.25) is 0 Å². The van der Waals surface area contributed by atoms with Crippen LogP contribution in [0.4, 0.5) is 0 Å². The average Bonchev–Trinajstić information content (AvgIpc) is 3.32. The molecule has 0 fully saturated rings. The second-order valence-corrected chi connectivity index (χ2v) is 5.91. The first-order valence-electron chi connectivity index (χ1n) is 7.85. The summed E-state index contributed by atoms with van der Waals surface area (Å²) in [6.45, 7) is 0. The smallest absolute Gasteiger partial charge is 0.0658 e. The first-order chi connectivity index (χ1) is 11.8. The maximum Gasteiger partial charge on any atom is 0.0658 e. The van der Waals surface area contributed by atoms with Gasteiger partial charge in [0.25, 0.3) is 0 Å². The fraction of sp³-hybridized carbons (Fsp3) is 0. The monoisotopic (exact) mass is 471 g/mol. The third-order valence-corrected chi connectivity index (χ3v) is 4.04. The number of aromatic amines is 2. The predicted octanol–water partition coefficient (Wildman–Crippen LogP) is 4.65. The minimum atomic E-state index is 0. The summed E-state index contributed by atoms with van der Waals surface area (Å²) in [7, 11) is 0. The molecular formula is C20H14CoN4Ru. The molecule has 6 heteroatoms. The van der Waals surface area contributed by atoms with E-state index in [1.165, 1.54) is 0 Å². The van der Waals surface area contributed by atoms with Crippen LogP contribution in [-0.4, -0.2) is 19.9 Å². The van der Waals surface area contributed by atoms with E-state index in [0.29, 0.717) is 0 Å². The van der Waals surface area contributed by atoms with Gasteiger partial charge in [0.2, 0.25) is 0 Å². The van der Waals surface area contributed by atoms with Crippen molar-refractivity contribution in [1.29, 1.82) is 0 Å². The van der Waals surface area contributed by atoms with E-state index in [4.69, 9.17) is 0 Å². The summed E-state index contributed by atoms with van der Waals surface area (Å²) in [5.41, 5.74) is 7.86. The first-order valence-corrected chi connectivity index (χ1v) is 7.85. The molecule has 2 aliphatic heterocycles. The standard InChI is InChI=1S/C20H14N4.Co.Ru/c1-2-14-10-16-5-6-18(23-16)12-20-8-7-19(24-20)11-17-4-3-15(22-17)9-13(1)21-14;;/h1-12,21,24H;;. The molecule has 4 nitrogen and oxygen atoms in total. The van der Waals surface area contributed by atoms with Crippen molar-refractivity contribution < 1.29 is 36.3 Å². The third-order valence-electron chi connectivity index (χ3n) is 4.04. The van der Waals surface area contributed by atoms with Crippen LogP contribution in [-0.2, 0) is 36.3 Å². The Hall–Kier alpha value is -2.27. The Kier molecular flexibility index (Phi) is 5.37. The number of fused-ring (bicyclic) bond motifs is 8. The van der Waals surface area contributed by atoms with Crippen molar-refractivity contribution in [3.63, 3.8) is 0 Å². The second kappa shape index (κ2) is 7.54. The number of nitrogens with one attached hydrogen (secondary N) is 2. The van der Waals surface area contributed by atoms with E-state index in [0.717, 1.165) is 44.8 Å². The number of hydrogen-bond donors (Lipinski definition) is 2. The van der Waals surface area contributed by atoms with Crippen molar-refractivity contribution in [2.75, 3.05) is 0 Å². The summed E-state index contributed by atoms with van der Waals surface area (Å²) < 4.78 is 0. The van der Waals surface area contributed by atoms with Crippen LogP contribution in [0.25, 0.3) is 46.4 Å². The van der Waals surface area contributed by atoms with E-state index in [1.54, 1.807) is 0 Å². The summed E-state index contributed by atoms with van der Waals surface area (Å²) in [6, 6.07) is 16.4. The molecule has 3 aromatic rings. The molecule has 0 amide bonds. The minimum Gasteiger partial charge on any atom is -0.355 e. The van der Waals surface area contributed by atoms with Gasteiger partial charge < -0.3 is 9.97 Å². The maximum atomic E-state index is 4.63. The van der Waals surface area contributed by atoms with E-state index in [1.807, 2.05) is 48.6 Å². The molecule has 1 radical (unpaired) electrons. The second-order valence-electron chi connectivity index (χ2n) is 5.91. The number of nitrogens with zero attached hydrogens (tertiary/aromatic N) is 2. The molecule has 131 valence electrons. The fourth-order valence-corrected chi connectivity index (χ4v) is 2.94. The molecule has 8 bridgehead atoms. The summed E-state index contributed by atoms with van der Waals surface area (Å²) in [6.07, 6.45) is 8.09. The molecule has 2 N–H and O–H groups in total. The summed E-state index contributed by atoms with van der Waals surface area (Å²) in [4.78, 5) is 16.0. The molecule has 3 aromatic heterocycles. The van der Waals surface area contributed by atoms with E-state index in [2.05, 4.69) is 44.2 Å². The van der Waals surface area contributed by atoms with E-state index in [-0.39, 0.29) is 36.3 Å². The van der Waals surface area contributed by atoms with Gasteiger partial charge in [-0.25, -0.2) is 9.97 Å². The first kappa shape index (κ1) is 18.5. The van der Waals surface area contributed by atoms with Crippen molar-refractivity contribution in [3.05, 3.63) is 71.3 Å². The van der Waals surface area contributed by atoms with Crippen molar-refractivity contribution in [3.8, 4) is 0 Å². The molecule has 0 aromatic carbocycles. The Bertz CT molecular complexity index is 996. The Morgan fingerprint density at radius 1 is 0.500 bits per heavy atom. The number of aromatic nitrogens is 4. The normalized spacial score (nSPS) is 11.7. The maximum absolute atomic E-state index is 4.63. The Morgan fingerprint density at radius 3 is 1.04 bits per heavy atom. The van der Waals surface area contributed by atoms with E-state index >= 15 is 0 Å². The van der Waals surface area contributed by atoms with Crippen LogP contribution in [0.5, 0.6) is 0 Å². The molecule has 0 saturated carbocycles. The molecule has 0 unspecified atom stereocenters. The van der Waals surface area contributed by atoms with Crippen LogP contribution in [0, 0.1) is 0 Å². The van der Waals surface area contributed by atoms with Crippen LogP contribution in [0.2, 0.25) is 0 Å². The minimum absolute atomic E-state index is 0. The predicted molar refractivity (Wildman–Crippen MR) is 98.9 cm³/mol. The van der Waals surface area contributed by atoms with Crippen molar-refractivity contribution in [2.24, 2.45) is 0 Å². The number of rotatable bonds is 0. The topological polar surface area (TPSA) is 57.4 Å². The average molecular weight is 470 g/mol. The van der Waals surface area contributed by atoms with Gasteiger partial charge in [-0.2, -0.15) is 0 Å². The molecule has 5 heterocycles. The van der Waals surface area contributed by atoms with Crippen molar-refractivity contribution in [2.45, 2.75) is 0 Å². The molecule has 26 heavy (non-hydrogen) atoms. The van der Waals surface area contributed by atoms with Gasteiger partial charge in [0, 0.05) is 58.3 Å². The summed E-state index contributed by atoms with van der Waals surface area (Å²) >= 11 is 0. The molecule has 5 rings (SSSR count). The van der Waals surface area contributed by atoms with Gasteiger partial charge in [0.1, 0.15) is 0 Å².